The number of phenolic OH excluding ortho intramolecular Hbond substituents is 1. The molecule has 1 aromatic carbocycles. The maximum absolute atomic E-state index is 14.5. The van der Waals surface area contributed by atoms with Gasteiger partial charge in [0.1, 0.15) is 66.2 Å². The number of thioether (sulfide) groups is 1. The van der Waals surface area contributed by atoms with Gasteiger partial charge >= 0.3 is 5.97 Å². The van der Waals surface area contributed by atoms with Crippen molar-refractivity contribution in [3.8, 4) is 5.75 Å². The number of unbranched alkanes of at least 4 members (excludes halogenated alkanes) is 2. The average molecular weight is 1410 g/mol. The molecule has 0 saturated heterocycles. The van der Waals surface area contributed by atoms with Crippen molar-refractivity contribution >= 4 is 94.6 Å². The van der Waals surface area contributed by atoms with Crippen LogP contribution in [0.3, 0.4) is 0 Å². The highest BCUT2D eigenvalue weighted by molar-refractivity contribution is 7.98. The lowest BCUT2D eigenvalue weighted by Gasteiger charge is -2.29. The van der Waals surface area contributed by atoms with Gasteiger partial charge in [0.05, 0.1) is 19.1 Å². The van der Waals surface area contributed by atoms with Crippen LogP contribution in [0.5, 0.6) is 5.75 Å². The Hall–Kier alpha value is -8.61. The van der Waals surface area contributed by atoms with Gasteiger partial charge in [0.2, 0.25) is 65.0 Å². The first-order chi connectivity index (χ1) is 46.2. The molecule has 0 aliphatic heterocycles. The number of carbonyl (C=O) groups is 12. The van der Waals surface area contributed by atoms with E-state index in [-0.39, 0.29) is 119 Å². The zero-order chi connectivity index (χ0) is 74.2. The molecule has 0 heterocycles. The zero-order valence-corrected chi connectivity index (χ0v) is 58.0. The van der Waals surface area contributed by atoms with E-state index < -0.39 is 156 Å². The van der Waals surface area contributed by atoms with Crippen LogP contribution < -0.4 is 92.5 Å². The third-order valence-electron chi connectivity index (χ3n) is 15.2. The minimum absolute atomic E-state index is 0.0834. The molecule has 0 aromatic heterocycles. The molecule has 36 heteroatoms. The van der Waals surface area contributed by atoms with Gasteiger partial charge in [0.25, 0.3) is 0 Å². The summed E-state index contributed by atoms with van der Waals surface area (Å²) in [6, 6.07) is -9.95. The van der Waals surface area contributed by atoms with Crippen LogP contribution >= 0.6 is 11.8 Å². The van der Waals surface area contributed by atoms with Crippen LogP contribution in [0, 0.1) is 28.6 Å². The predicted molar refractivity (Wildman–Crippen MR) is 367 cm³/mol. The molecule has 0 radical (unpaired) electrons. The van der Waals surface area contributed by atoms with Gasteiger partial charge in [-0.05, 0) is 139 Å². The SMILES string of the molecule is CSCC[C@H](NC(=O)[C@H](CO)NC(=O)[C@H](CCCNC(=N)N)NC(=O)[C@H](CC(C)C)NC(=O)[C@H](C)CCCCN)C(=O)N[C@H](C(=O)N[C@@H](CC(=O)O)C(=O)N[C@@H](CCCCN)C(=O)N[C@@H](Cc1ccc(O)cc1)C(=O)N[C@@H](CCCNC(=N)N)C(=O)N[C@@H](CC(C)C)C(N)=O)[C@@H](C)O. The molecular weight excluding hydrogens is 1300 g/mol. The van der Waals surface area contributed by atoms with E-state index in [4.69, 9.17) is 39.5 Å². The first kappa shape index (κ1) is 87.4. The van der Waals surface area contributed by atoms with E-state index in [1.165, 1.54) is 36.0 Å². The summed E-state index contributed by atoms with van der Waals surface area (Å²) < 4.78 is 0. The number of primary amides is 1. The lowest BCUT2D eigenvalue weighted by Crippen LogP contribution is -2.62. The number of hydrogen-bond donors (Lipinski definition) is 23. The molecule has 12 atom stereocenters. The van der Waals surface area contributed by atoms with E-state index in [9.17, 15) is 78.0 Å². The molecule has 35 nitrogen and oxygen atoms in total. The third kappa shape index (κ3) is 35.6. The van der Waals surface area contributed by atoms with E-state index in [0.717, 1.165) is 6.92 Å². The first-order valence-electron chi connectivity index (χ1n) is 32.8. The van der Waals surface area contributed by atoms with Crippen LogP contribution in [0.15, 0.2) is 24.3 Å². The highest BCUT2D eigenvalue weighted by atomic mass is 32.2. The average Bonchev–Trinajstić information content (AvgIpc) is 0.992. The van der Waals surface area contributed by atoms with Gasteiger partial charge in [-0.1, -0.05) is 53.2 Å². The summed E-state index contributed by atoms with van der Waals surface area (Å²) in [4.78, 5) is 165. The molecular formula is C62H109N19O16S. The molecule has 0 aliphatic carbocycles. The van der Waals surface area contributed by atoms with Crippen molar-refractivity contribution < 1.29 is 78.0 Å². The monoisotopic (exact) mass is 1410 g/mol. The summed E-state index contributed by atoms with van der Waals surface area (Å²) in [6.07, 6.45) is 0.917. The van der Waals surface area contributed by atoms with Gasteiger partial charge in [0, 0.05) is 25.4 Å². The normalized spacial score (nSPS) is 14.8. The summed E-state index contributed by atoms with van der Waals surface area (Å²) in [5.74, 6) is -13.5. The van der Waals surface area contributed by atoms with E-state index in [0.29, 0.717) is 37.8 Å². The summed E-state index contributed by atoms with van der Waals surface area (Å²) in [5, 5.41) is 86.7. The van der Waals surface area contributed by atoms with Crippen LogP contribution in [0.4, 0.5) is 0 Å². The fourth-order valence-electron chi connectivity index (χ4n) is 9.80. The van der Waals surface area contributed by atoms with Gasteiger partial charge in [-0.3, -0.25) is 68.4 Å². The van der Waals surface area contributed by atoms with E-state index >= 15 is 0 Å². The number of carboxylic acids is 1. The number of carboxylic acid groups (broad SMARTS) is 1. The van der Waals surface area contributed by atoms with Gasteiger partial charge in [0.15, 0.2) is 11.9 Å². The number of phenols is 1. The molecule has 1 rings (SSSR count). The molecule has 0 spiro atoms. The lowest BCUT2D eigenvalue weighted by molar-refractivity contribution is -0.142. The second-order valence-corrected chi connectivity index (χ2v) is 25.8. The number of aliphatic hydroxyl groups is 2. The summed E-state index contributed by atoms with van der Waals surface area (Å²) in [6.45, 7) is 9.74. The Bertz CT molecular complexity index is 2770. The number of rotatable bonds is 50. The molecule has 11 amide bonds. The number of amides is 11. The molecule has 0 fully saturated rings. The minimum Gasteiger partial charge on any atom is -0.508 e. The second kappa shape index (κ2) is 47.4. The van der Waals surface area contributed by atoms with Crippen molar-refractivity contribution in [3.63, 3.8) is 0 Å². The molecule has 0 aliphatic rings. The Morgan fingerprint density at radius 2 is 0.847 bits per heavy atom. The molecule has 98 heavy (non-hydrogen) atoms. The Kier molecular flexibility index (Phi) is 42.2. The van der Waals surface area contributed by atoms with E-state index in [1.807, 2.05) is 13.8 Å². The van der Waals surface area contributed by atoms with E-state index in [2.05, 4.69) is 63.8 Å². The van der Waals surface area contributed by atoms with Crippen LogP contribution in [0.2, 0.25) is 0 Å². The highest BCUT2D eigenvalue weighted by Crippen LogP contribution is 2.16. The standard InChI is InChI=1S/C62H109N19O16S/c1-33(2)28-43(50(65)87)76-52(89)40(16-12-25-70-61(66)67)74-57(94)45(30-37-18-20-38(84)21-19-37)78-53(90)39(15-9-11-24-64)72-58(95)46(31-48(85)86)79-60(97)49(36(6)83)81-55(92)42(22-27-98-7)75-59(96)47(32-82)80-54(91)41(17-13-26-71-62(68)69)73-56(93)44(29-34(3)4)77-51(88)35(5)14-8-10-23-63/h18-21,33-36,39-47,49,82-84H,8-17,22-32,63-64H2,1-7H3,(H2,65,87)(H,72,95)(H,73,93)(H,74,94)(H,75,96)(H,76,89)(H,77,88)(H,78,90)(H,79,97)(H,80,91)(H,81,92)(H,85,86)(H4,66,67,70)(H4,68,69,71)/t35-,36-,39+,40+,41+,42+,43+,44+,45+,46+,47+,49+/m1/s1. The third-order valence-corrected chi connectivity index (χ3v) is 15.8. The van der Waals surface area contributed by atoms with Crippen molar-refractivity contribution in [2.45, 2.75) is 204 Å². The van der Waals surface area contributed by atoms with Crippen LogP contribution in [-0.2, 0) is 64.0 Å². The number of aliphatic hydroxyl groups excluding tert-OH is 2. The van der Waals surface area contributed by atoms with Crippen molar-refractivity contribution in [2.24, 2.45) is 46.4 Å². The quantitative estimate of drug-likeness (QED) is 0.0166. The predicted octanol–water partition coefficient (Wildman–Crippen LogP) is -4.62. The zero-order valence-electron chi connectivity index (χ0n) is 57.2. The number of aliphatic carboxylic acids is 1. The van der Waals surface area contributed by atoms with Gasteiger partial charge in [-0.15, -0.1) is 0 Å². The molecule has 0 unspecified atom stereocenters. The summed E-state index contributed by atoms with van der Waals surface area (Å²) in [5.41, 5.74) is 28.3. The Balaban J connectivity index is 3.63. The number of nitrogens with two attached hydrogens (primary N) is 5. The minimum atomic E-state index is -2.03. The van der Waals surface area contributed by atoms with Gasteiger partial charge in [-0.25, -0.2) is 0 Å². The van der Waals surface area contributed by atoms with E-state index in [1.54, 1.807) is 27.0 Å². The number of nitrogens with one attached hydrogen (secondary N) is 14. The maximum atomic E-state index is 14.5. The van der Waals surface area contributed by atoms with Crippen molar-refractivity contribution in [3.05, 3.63) is 29.8 Å². The Morgan fingerprint density at radius 3 is 1.29 bits per heavy atom. The lowest BCUT2D eigenvalue weighted by atomic mass is 9.99. The molecule has 0 bridgehead atoms. The van der Waals surface area contributed by atoms with Crippen LogP contribution in [-0.4, -0.2) is 215 Å². The van der Waals surface area contributed by atoms with Crippen LogP contribution in [0.1, 0.15) is 137 Å². The number of benzene rings is 1. The molecule has 1 aromatic rings. The topological polar surface area (TPSA) is 608 Å². The smallest absolute Gasteiger partial charge is 0.305 e. The number of hydrogen-bond acceptors (Lipinski definition) is 20. The Morgan fingerprint density at radius 1 is 0.469 bits per heavy atom. The molecule has 554 valence electrons. The molecule has 0 saturated carbocycles. The van der Waals surface area contributed by atoms with Crippen molar-refractivity contribution in [2.75, 3.05) is 44.8 Å². The van der Waals surface area contributed by atoms with Crippen LogP contribution in [0.25, 0.3) is 0 Å². The summed E-state index contributed by atoms with van der Waals surface area (Å²) in [7, 11) is 0. The maximum Gasteiger partial charge on any atom is 0.305 e. The van der Waals surface area contributed by atoms with Gasteiger partial charge < -0.3 is 113 Å². The Labute approximate surface area is 576 Å². The second-order valence-electron chi connectivity index (χ2n) is 24.8. The van der Waals surface area contributed by atoms with Crippen molar-refractivity contribution in [1.29, 1.82) is 10.8 Å². The summed E-state index contributed by atoms with van der Waals surface area (Å²) >= 11 is 1.23. The van der Waals surface area contributed by atoms with Crippen molar-refractivity contribution in [1.82, 2.24) is 63.8 Å². The largest absolute Gasteiger partial charge is 0.508 e. The highest BCUT2D eigenvalue weighted by Gasteiger charge is 2.38. The number of aromatic hydroxyl groups is 1. The molecule has 28 N–H and O–H groups in total. The van der Waals surface area contributed by atoms with Gasteiger partial charge in [-0.2, -0.15) is 11.8 Å². The first-order valence-corrected chi connectivity index (χ1v) is 34.2. The fourth-order valence-corrected chi connectivity index (χ4v) is 10.3. The fraction of sp³-hybridized carbons (Fsp3) is 0.677. The number of guanidine groups is 2. The number of carbonyl (C=O) groups excluding carboxylic acids is 11.